The van der Waals surface area contributed by atoms with E-state index in [1.54, 1.807) is 6.20 Å². The van der Waals surface area contributed by atoms with E-state index in [1.807, 2.05) is 50.1 Å². The number of carbonyl (C=O) groups excluding carboxylic acids is 1. The first-order valence-corrected chi connectivity index (χ1v) is 8.78. The van der Waals surface area contributed by atoms with Crippen LogP contribution in [0.2, 0.25) is 0 Å². The molecule has 2 aromatic rings. The first kappa shape index (κ1) is 17.4. The van der Waals surface area contributed by atoms with E-state index in [4.69, 9.17) is 0 Å². The van der Waals surface area contributed by atoms with Gasteiger partial charge in [-0.05, 0) is 37.1 Å². The Morgan fingerprint density at radius 3 is 2.84 bits per heavy atom. The SMILES string of the molecule is CC1=C(c2ccnc(Nc3cc(CO)ccc3C)n2)SC(C=O)N1C. The Bertz CT molecular complexity index is 838. The maximum atomic E-state index is 11.2. The van der Waals surface area contributed by atoms with Crippen LogP contribution in [0, 0.1) is 6.92 Å². The maximum Gasteiger partial charge on any atom is 0.227 e. The summed E-state index contributed by atoms with van der Waals surface area (Å²) in [5.74, 6) is 0.480. The van der Waals surface area contributed by atoms with Crippen LogP contribution in [0.1, 0.15) is 23.7 Å². The van der Waals surface area contributed by atoms with E-state index in [1.165, 1.54) is 11.8 Å². The molecule has 0 aliphatic carbocycles. The number of aromatic nitrogens is 2. The van der Waals surface area contributed by atoms with Gasteiger partial charge in [-0.1, -0.05) is 23.9 Å². The third-order valence-electron chi connectivity index (χ3n) is 4.21. The average molecular weight is 356 g/mol. The smallest absolute Gasteiger partial charge is 0.227 e. The number of aldehydes is 1. The second kappa shape index (κ2) is 7.25. The minimum Gasteiger partial charge on any atom is -0.392 e. The molecule has 25 heavy (non-hydrogen) atoms. The number of anilines is 2. The van der Waals surface area contributed by atoms with Gasteiger partial charge in [0.15, 0.2) is 6.29 Å². The molecule has 1 aromatic carbocycles. The van der Waals surface area contributed by atoms with E-state index in [0.29, 0.717) is 5.95 Å². The zero-order valence-corrected chi connectivity index (χ0v) is 15.2. The lowest BCUT2D eigenvalue weighted by molar-refractivity contribution is -0.109. The van der Waals surface area contributed by atoms with Gasteiger partial charge < -0.3 is 20.1 Å². The quantitative estimate of drug-likeness (QED) is 0.798. The number of hydrogen-bond donors (Lipinski definition) is 2. The summed E-state index contributed by atoms with van der Waals surface area (Å²) in [6.45, 7) is 3.95. The molecule has 1 unspecified atom stereocenters. The first-order chi connectivity index (χ1) is 12.0. The summed E-state index contributed by atoms with van der Waals surface area (Å²) in [4.78, 5) is 23.0. The number of aryl methyl sites for hydroxylation is 1. The van der Waals surface area contributed by atoms with Gasteiger partial charge in [-0.15, -0.1) is 0 Å². The van der Waals surface area contributed by atoms with Crippen LogP contribution < -0.4 is 5.32 Å². The Morgan fingerprint density at radius 2 is 2.16 bits per heavy atom. The Morgan fingerprint density at radius 1 is 1.36 bits per heavy atom. The fourth-order valence-electron chi connectivity index (χ4n) is 2.57. The van der Waals surface area contributed by atoms with Crippen LogP contribution in [-0.2, 0) is 11.4 Å². The molecule has 0 radical (unpaired) electrons. The van der Waals surface area contributed by atoms with Gasteiger partial charge >= 0.3 is 0 Å². The van der Waals surface area contributed by atoms with Gasteiger partial charge in [-0.3, -0.25) is 0 Å². The molecule has 0 spiro atoms. The van der Waals surface area contributed by atoms with Crippen LogP contribution in [0.3, 0.4) is 0 Å². The number of aliphatic hydroxyl groups is 1. The van der Waals surface area contributed by atoms with Crippen LogP contribution in [0.4, 0.5) is 11.6 Å². The zero-order valence-electron chi connectivity index (χ0n) is 14.4. The Hall–Kier alpha value is -2.38. The van der Waals surface area contributed by atoms with Crippen molar-refractivity contribution in [3.05, 3.63) is 53.0 Å². The summed E-state index contributed by atoms with van der Waals surface area (Å²) in [5, 5.41) is 12.3. The number of hydrogen-bond acceptors (Lipinski definition) is 7. The Balaban J connectivity index is 1.89. The minimum atomic E-state index is -0.218. The lowest BCUT2D eigenvalue weighted by atomic mass is 10.1. The monoisotopic (exact) mass is 356 g/mol. The number of benzene rings is 1. The Kier molecular flexibility index (Phi) is 5.06. The van der Waals surface area contributed by atoms with Gasteiger partial charge in [0.2, 0.25) is 5.95 Å². The van der Waals surface area contributed by atoms with Crippen LogP contribution in [0.5, 0.6) is 0 Å². The third kappa shape index (κ3) is 3.52. The molecule has 0 amide bonds. The highest BCUT2D eigenvalue weighted by Crippen LogP contribution is 2.41. The number of aliphatic hydroxyl groups excluding tert-OH is 1. The fraction of sp³-hybridized carbons (Fsp3) is 0.278. The molecule has 0 saturated heterocycles. The van der Waals surface area contributed by atoms with Crippen molar-refractivity contribution in [1.29, 1.82) is 0 Å². The number of nitrogens with one attached hydrogen (secondary N) is 1. The molecule has 2 N–H and O–H groups in total. The van der Waals surface area contributed by atoms with E-state index < -0.39 is 0 Å². The van der Waals surface area contributed by atoms with E-state index in [9.17, 15) is 9.90 Å². The lowest BCUT2D eigenvalue weighted by Crippen LogP contribution is -2.23. The molecule has 0 fully saturated rings. The summed E-state index contributed by atoms with van der Waals surface area (Å²) in [5.41, 5.74) is 4.52. The molecule has 7 heteroatoms. The topological polar surface area (TPSA) is 78.4 Å². The predicted molar refractivity (Wildman–Crippen MR) is 100 cm³/mol. The highest BCUT2D eigenvalue weighted by molar-refractivity contribution is 8.09. The van der Waals surface area contributed by atoms with Crippen LogP contribution in [0.25, 0.3) is 4.91 Å². The molecule has 1 aromatic heterocycles. The molecule has 3 rings (SSSR count). The predicted octanol–water partition coefficient (Wildman–Crippen LogP) is 2.91. The van der Waals surface area contributed by atoms with E-state index in [0.717, 1.165) is 39.4 Å². The molecule has 2 heterocycles. The third-order valence-corrected chi connectivity index (χ3v) is 5.62. The van der Waals surface area contributed by atoms with Crippen LogP contribution in [-0.4, -0.2) is 38.7 Å². The summed E-state index contributed by atoms with van der Waals surface area (Å²) in [6.07, 6.45) is 2.64. The van der Waals surface area contributed by atoms with Gasteiger partial charge in [0, 0.05) is 24.6 Å². The van der Waals surface area contributed by atoms with E-state index in [2.05, 4.69) is 15.3 Å². The normalized spacial score (nSPS) is 17.1. The standard InChI is InChI=1S/C18H20N4O2S/c1-11-4-5-13(9-23)8-15(11)21-18-19-7-6-14(20-18)17-12(2)22(3)16(10-24)25-17/h4-8,10,16,23H,9H2,1-3H3,(H,19,20,21). The van der Waals surface area contributed by atoms with Gasteiger partial charge in [0.25, 0.3) is 0 Å². The largest absolute Gasteiger partial charge is 0.392 e. The molecule has 130 valence electrons. The number of rotatable bonds is 5. The van der Waals surface area contributed by atoms with Gasteiger partial charge in [-0.2, -0.15) is 0 Å². The van der Waals surface area contributed by atoms with Crippen molar-refractivity contribution in [3.8, 4) is 0 Å². The van der Waals surface area contributed by atoms with E-state index >= 15 is 0 Å². The summed E-state index contributed by atoms with van der Waals surface area (Å²) in [6, 6.07) is 7.56. The average Bonchev–Trinajstić information content (AvgIpc) is 2.92. The summed E-state index contributed by atoms with van der Waals surface area (Å²) < 4.78 is 0. The number of carbonyl (C=O) groups is 1. The van der Waals surface area contributed by atoms with E-state index in [-0.39, 0.29) is 12.0 Å². The van der Waals surface area contributed by atoms with Crippen molar-refractivity contribution in [1.82, 2.24) is 14.9 Å². The molecular weight excluding hydrogens is 336 g/mol. The molecule has 1 aliphatic heterocycles. The molecule has 0 bridgehead atoms. The lowest BCUT2D eigenvalue weighted by Gasteiger charge is -2.16. The molecule has 6 nitrogen and oxygen atoms in total. The molecule has 0 saturated carbocycles. The summed E-state index contributed by atoms with van der Waals surface area (Å²) in [7, 11) is 1.90. The fourth-order valence-corrected chi connectivity index (χ4v) is 3.73. The second-order valence-electron chi connectivity index (χ2n) is 5.87. The van der Waals surface area contributed by atoms with Crippen molar-refractivity contribution in [3.63, 3.8) is 0 Å². The highest BCUT2D eigenvalue weighted by atomic mass is 32.2. The zero-order chi connectivity index (χ0) is 18.0. The second-order valence-corrected chi connectivity index (χ2v) is 6.99. The minimum absolute atomic E-state index is 0.0159. The number of likely N-dealkylation sites (N-methyl/N-ethyl adjacent to an activating group) is 1. The van der Waals surface area contributed by atoms with Gasteiger partial charge in [-0.25, -0.2) is 9.97 Å². The van der Waals surface area contributed by atoms with Gasteiger partial charge in [0.1, 0.15) is 5.37 Å². The molecule has 1 aliphatic rings. The van der Waals surface area contributed by atoms with Crippen LogP contribution >= 0.6 is 11.8 Å². The van der Waals surface area contributed by atoms with Crippen molar-refractivity contribution in [2.24, 2.45) is 0 Å². The van der Waals surface area contributed by atoms with Crippen molar-refractivity contribution >= 4 is 34.6 Å². The van der Waals surface area contributed by atoms with Gasteiger partial charge in [0.05, 0.1) is 17.2 Å². The highest BCUT2D eigenvalue weighted by Gasteiger charge is 2.28. The number of allylic oxidation sites excluding steroid dienone is 1. The number of nitrogens with zero attached hydrogens (tertiary/aromatic N) is 3. The Labute approximate surface area is 151 Å². The molecule has 1 atom stereocenters. The van der Waals surface area contributed by atoms with Crippen LogP contribution in [0.15, 0.2) is 36.2 Å². The van der Waals surface area contributed by atoms with Crippen molar-refractivity contribution in [2.45, 2.75) is 25.8 Å². The number of thioether (sulfide) groups is 1. The molecular formula is C18H20N4O2S. The van der Waals surface area contributed by atoms with Crippen molar-refractivity contribution < 1.29 is 9.90 Å². The first-order valence-electron chi connectivity index (χ1n) is 7.90. The maximum absolute atomic E-state index is 11.2. The summed E-state index contributed by atoms with van der Waals surface area (Å²) >= 11 is 1.49. The van der Waals surface area contributed by atoms with Crippen molar-refractivity contribution in [2.75, 3.05) is 12.4 Å².